The van der Waals surface area contributed by atoms with E-state index in [1.54, 1.807) is 18.3 Å². The highest BCUT2D eigenvalue weighted by Crippen LogP contribution is 2.25. The number of amides is 1. The molecule has 0 saturated carbocycles. The number of hydrogen-bond acceptors (Lipinski definition) is 6. The number of rotatable bonds is 5. The molecule has 0 bridgehead atoms. The third-order valence-corrected chi connectivity index (χ3v) is 5.39. The van der Waals surface area contributed by atoms with Crippen molar-refractivity contribution in [2.75, 3.05) is 54.6 Å². The van der Waals surface area contributed by atoms with Crippen LogP contribution < -0.4 is 15.1 Å². The molecule has 148 valence electrons. The smallest absolute Gasteiger partial charge is 0.255 e. The number of anilines is 3. The maximum Gasteiger partial charge on any atom is 0.255 e. The first-order valence-electron chi connectivity index (χ1n) is 9.82. The summed E-state index contributed by atoms with van der Waals surface area (Å²) < 4.78 is 5.39. The number of ether oxygens (including phenoxy) is 1. The van der Waals surface area contributed by atoms with E-state index in [-0.39, 0.29) is 18.6 Å². The molecule has 2 fully saturated rings. The number of aliphatic hydroxyl groups is 1. The molecule has 1 unspecified atom stereocenters. The van der Waals surface area contributed by atoms with Crippen molar-refractivity contribution >= 4 is 23.1 Å². The van der Waals surface area contributed by atoms with E-state index in [1.807, 2.05) is 24.3 Å². The van der Waals surface area contributed by atoms with Crippen LogP contribution in [0.5, 0.6) is 0 Å². The predicted molar refractivity (Wildman–Crippen MR) is 109 cm³/mol. The molecular weight excluding hydrogens is 356 g/mol. The van der Waals surface area contributed by atoms with Gasteiger partial charge in [-0.1, -0.05) is 0 Å². The summed E-state index contributed by atoms with van der Waals surface area (Å²) in [4.78, 5) is 21.4. The van der Waals surface area contributed by atoms with Gasteiger partial charge in [0, 0.05) is 42.8 Å². The molecule has 0 radical (unpaired) electrons. The lowest BCUT2D eigenvalue weighted by Crippen LogP contribution is -2.36. The summed E-state index contributed by atoms with van der Waals surface area (Å²) >= 11 is 0. The second kappa shape index (κ2) is 8.58. The molecule has 3 heterocycles. The minimum atomic E-state index is -0.164. The Bertz CT molecular complexity index is 806. The zero-order valence-corrected chi connectivity index (χ0v) is 15.9. The van der Waals surface area contributed by atoms with Gasteiger partial charge in [0.2, 0.25) is 0 Å². The maximum absolute atomic E-state index is 12.7. The molecule has 0 spiro atoms. The second-order valence-electron chi connectivity index (χ2n) is 7.18. The average Bonchev–Trinajstić information content (AvgIpc) is 3.24. The monoisotopic (exact) mass is 382 g/mol. The van der Waals surface area contributed by atoms with Crippen molar-refractivity contribution in [1.82, 2.24) is 4.98 Å². The van der Waals surface area contributed by atoms with Crippen LogP contribution in [0.15, 0.2) is 42.6 Å². The zero-order chi connectivity index (χ0) is 19.3. The standard InChI is InChI=1S/C21H26N4O3/c26-15-19-2-1-9-25(19)20-14-16(7-8-22-20)21(27)23-17-3-5-18(6-4-17)24-10-12-28-13-11-24/h3-8,14,19,26H,1-2,9-13,15H2,(H,23,27). The minimum absolute atomic E-state index is 0.0820. The number of aliphatic hydroxyl groups excluding tert-OH is 1. The molecule has 1 atom stereocenters. The van der Waals surface area contributed by atoms with Crippen LogP contribution in [0.3, 0.4) is 0 Å². The quantitative estimate of drug-likeness (QED) is 0.825. The van der Waals surface area contributed by atoms with Crippen LogP contribution in [0.25, 0.3) is 0 Å². The lowest BCUT2D eigenvalue weighted by molar-refractivity contribution is 0.102. The van der Waals surface area contributed by atoms with Crippen molar-refractivity contribution in [3.05, 3.63) is 48.2 Å². The Hall–Kier alpha value is -2.64. The molecule has 0 aliphatic carbocycles. The van der Waals surface area contributed by atoms with Crippen LogP contribution in [0.2, 0.25) is 0 Å². The first-order chi connectivity index (χ1) is 13.7. The van der Waals surface area contributed by atoms with E-state index in [0.717, 1.165) is 62.9 Å². The van der Waals surface area contributed by atoms with Crippen LogP contribution in [0.4, 0.5) is 17.2 Å². The van der Waals surface area contributed by atoms with Crippen LogP contribution in [-0.4, -0.2) is 61.5 Å². The molecule has 2 aromatic rings. The fourth-order valence-corrected chi connectivity index (χ4v) is 3.82. The van der Waals surface area contributed by atoms with E-state index in [9.17, 15) is 9.90 Å². The Labute approximate surface area is 164 Å². The van der Waals surface area contributed by atoms with Gasteiger partial charge in [-0.25, -0.2) is 4.98 Å². The van der Waals surface area contributed by atoms with E-state index in [4.69, 9.17) is 4.74 Å². The number of aromatic nitrogens is 1. The summed E-state index contributed by atoms with van der Waals surface area (Å²) in [5.41, 5.74) is 2.46. The van der Waals surface area contributed by atoms with Gasteiger partial charge in [-0.05, 0) is 49.2 Å². The minimum Gasteiger partial charge on any atom is -0.394 e. The number of benzene rings is 1. The van der Waals surface area contributed by atoms with Crippen LogP contribution in [0.1, 0.15) is 23.2 Å². The van der Waals surface area contributed by atoms with Gasteiger partial charge in [0.1, 0.15) is 5.82 Å². The fourth-order valence-electron chi connectivity index (χ4n) is 3.82. The first-order valence-corrected chi connectivity index (χ1v) is 9.82. The van der Waals surface area contributed by atoms with Crippen molar-refractivity contribution in [2.24, 2.45) is 0 Å². The average molecular weight is 382 g/mol. The third kappa shape index (κ3) is 4.10. The number of morpholine rings is 1. The second-order valence-corrected chi connectivity index (χ2v) is 7.18. The Morgan fingerprint density at radius 1 is 1.18 bits per heavy atom. The summed E-state index contributed by atoms with van der Waals surface area (Å²) in [5.74, 6) is 0.578. The van der Waals surface area contributed by atoms with E-state index in [1.165, 1.54) is 0 Å². The van der Waals surface area contributed by atoms with Crippen molar-refractivity contribution in [1.29, 1.82) is 0 Å². The van der Waals surface area contributed by atoms with Gasteiger partial charge < -0.3 is 25.0 Å². The van der Waals surface area contributed by atoms with Gasteiger partial charge in [0.15, 0.2) is 0 Å². The number of carbonyl (C=O) groups is 1. The molecule has 2 saturated heterocycles. The van der Waals surface area contributed by atoms with Gasteiger partial charge in [0.05, 0.1) is 25.9 Å². The van der Waals surface area contributed by atoms with Gasteiger partial charge in [-0.3, -0.25) is 4.79 Å². The van der Waals surface area contributed by atoms with Gasteiger partial charge >= 0.3 is 0 Å². The molecule has 4 rings (SSSR count). The lowest BCUT2D eigenvalue weighted by atomic mass is 10.2. The Morgan fingerprint density at radius 3 is 2.71 bits per heavy atom. The molecule has 1 amide bonds. The third-order valence-electron chi connectivity index (χ3n) is 5.39. The normalized spacial score (nSPS) is 19.7. The van der Waals surface area contributed by atoms with Crippen molar-refractivity contribution in [2.45, 2.75) is 18.9 Å². The molecule has 2 aliphatic heterocycles. The topological polar surface area (TPSA) is 77.9 Å². The Kier molecular flexibility index (Phi) is 5.73. The summed E-state index contributed by atoms with van der Waals surface area (Å²) in [5, 5.41) is 12.5. The van der Waals surface area contributed by atoms with Gasteiger partial charge in [-0.15, -0.1) is 0 Å². The summed E-state index contributed by atoms with van der Waals surface area (Å²) in [6.45, 7) is 4.22. The molecule has 7 nitrogen and oxygen atoms in total. The largest absolute Gasteiger partial charge is 0.394 e. The molecule has 2 N–H and O–H groups in total. The summed E-state index contributed by atoms with van der Waals surface area (Å²) in [6.07, 6.45) is 3.63. The molecular formula is C21H26N4O3. The molecule has 2 aliphatic rings. The summed E-state index contributed by atoms with van der Waals surface area (Å²) in [7, 11) is 0. The number of pyridine rings is 1. The van der Waals surface area contributed by atoms with Gasteiger partial charge in [-0.2, -0.15) is 0 Å². The number of nitrogens with one attached hydrogen (secondary N) is 1. The number of nitrogens with zero attached hydrogens (tertiary/aromatic N) is 3. The lowest BCUT2D eigenvalue weighted by Gasteiger charge is -2.28. The molecule has 7 heteroatoms. The zero-order valence-electron chi connectivity index (χ0n) is 15.9. The van der Waals surface area contributed by atoms with Crippen LogP contribution >= 0.6 is 0 Å². The Balaban J connectivity index is 1.43. The highest BCUT2D eigenvalue weighted by Gasteiger charge is 2.25. The fraction of sp³-hybridized carbons (Fsp3) is 0.429. The van der Waals surface area contributed by atoms with Crippen molar-refractivity contribution < 1.29 is 14.6 Å². The molecule has 1 aromatic heterocycles. The van der Waals surface area contributed by atoms with E-state index >= 15 is 0 Å². The highest BCUT2D eigenvalue weighted by molar-refractivity contribution is 6.04. The number of hydrogen-bond donors (Lipinski definition) is 2. The van der Waals surface area contributed by atoms with Crippen molar-refractivity contribution in [3.63, 3.8) is 0 Å². The van der Waals surface area contributed by atoms with Crippen LogP contribution in [-0.2, 0) is 4.74 Å². The maximum atomic E-state index is 12.7. The SMILES string of the molecule is O=C(Nc1ccc(N2CCOCC2)cc1)c1ccnc(N2CCCC2CO)c1. The van der Waals surface area contributed by atoms with Crippen molar-refractivity contribution in [3.8, 4) is 0 Å². The number of carbonyl (C=O) groups excluding carboxylic acids is 1. The van der Waals surface area contributed by atoms with E-state index in [2.05, 4.69) is 20.1 Å². The highest BCUT2D eigenvalue weighted by atomic mass is 16.5. The van der Waals surface area contributed by atoms with E-state index in [0.29, 0.717) is 5.56 Å². The summed E-state index contributed by atoms with van der Waals surface area (Å²) in [6, 6.07) is 11.5. The Morgan fingerprint density at radius 2 is 1.96 bits per heavy atom. The first kappa shape index (κ1) is 18.7. The van der Waals surface area contributed by atoms with Crippen LogP contribution in [0, 0.1) is 0 Å². The predicted octanol–water partition coefficient (Wildman–Crippen LogP) is 2.13. The molecule has 1 aromatic carbocycles. The van der Waals surface area contributed by atoms with E-state index < -0.39 is 0 Å². The molecule has 28 heavy (non-hydrogen) atoms. The van der Waals surface area contributed by atoms with Gasteiger partial charge in [0.25, 0.3) is 5.91 Å².